The van der Waals surface area contributed by atoms with Gasteiger partial charge in [-0.15, -0.1) is 0 Å². The van der Waals surface area contributed by atoms with Crippen LogP contribution in [-0.4, -0.2) is 180 Å². The largest absolute Gasteiger partial charge is 0.481 e. The molecule has 0 saturated heterocycles. The Labute approximate surface area is 292 Å². The van der Waals surface area contributed by atoms with Gasteiger partial charge in [0.2, 0.25) is 0 Å². The Kier molecular flexibility index (Phi) is 26.7. The molecular formula is C27H44O25. The Bertz CT molecular complexity index is 1040. The van der Waals surface area contributed by atoms with E-state index < -0.39 is 115 Å². The van der Waals surface area contributed by atoms with Gasteiger partial charge in [0.05, 0.1) is 76.7 Å². The van der Waals surface area contributed by atoms with Gasteiger partial charge in [-0.25, -0.2) is 14.4 Å². The summed E-state index contributed by atoms with van der Waals surface area (Å²) in [7, 11) is 0. The fraction of sp³-hybridized carbons (Fsp3) is 0.667. The molecule has 0 aromatic carbocycles. The molecule has 302 valence electrons. The highest BCUT2D eigenvalue weighted by molar-refractivity contribution is 5.89. The van der Waals surface area contributed by atoms with Gasteiger partial charge in [-0.05, 0) is 20.8 Å². The predicted molar refractivity (Wildman–Crippen MR) is 161 cm³/mol. The van der Waals surface area contributed by atoms with Crippen molar-refractivity contribution in [2.45, 2.75) is 94.4 Å². The van der Waals surface area contributed by atoms with Crippen molar-refractivity contribution in [1.82, 2.24) is 0 Å². The molecule has 0 saturated carbocycles. The first-order valence-corrected chi connectivity index (χ1v) is 14.1. The van der Waals surface area contributed by atoms with Gasteiger partial charge in [-0.1, -0.05) is 0 Å². The normalized spacial score (nSPS) is 12.7. The summed E-state index contributed by atoms with van der Waals surface area (Å²) in [5.74, 6) is -15.1. The van der Waals surface area contributed by atoms with E-state index in [9.17, 15) is 43.2 Å². The van der Waals surface area contributed by atoms with E-state index in [1.54, 1.807) is 13.8 Å². The highest BCUT2D eigenvalue weighted by atomic mass is 16.5. The third-order valence-corrected chi connectivity index (χ3v) is 5.35. The van der Waals surface area contributed by atoms with E-state index in [1.165, 1.54) is 0 Å². The van der Waals surface area contributed by atoms with E-state index in [0.717, 1.165) is 0 Å². The molecule has 25 heteroatoms. The molecule has 3 unspecified atom stereocenters. The average Bonchev–Trinajstić information content (AvgIpc) is 2.93. The fourth-order valence-electron chi connectivity index (χ4n) is 2.85. The molecule has 0 radical (unpaired) electrons. The lowest BCUT2D eigenvalue weighted by molar-refractivity contribution is -0.170. The van der Waals surface area contributed by atoms with Crippen LogP contribution in [0.2, 0.25) is 0 Å². The van der Waals surface area contributed by atoms with Gasteiger partial charge in [0.25, 0.3) is 0 Å². The molecule has 0 heterocycles. The van der Waals surface area contributed by atoms with Crippen LogP contribution in [0.3, 0.4) is 0 Å². The lowest BCUT2D eigenvalue weighted by Crippen LogP contribution is -2.42. The standard InChI is InChI=1S/C9H20O4.3C6H8O7/c1-7(11)5-12-9(3)6-13-8(2)4-10;3*7-3(8)1-6(13,5(11)12)2-4(9)10/h7-11H,4-6H2,1-3H3;3*13H,1-2H2,(H,7,8)(H,9,10)(H,11,12). The third kappa shape index (κ3) is 28.8. The second-order valence-corrected chi connectivity index (χ2v) is 10.8. The minimum absolute atomic E-state index is 0.0170. The Morgan fingerprint density at radius 1 is 0.442 bits per heavy atom. The summed E-state index contributed by atoms with van der Waals surface area (Å²) >= 11 is 0. The average molecular weight is 769 g/mol. The topological polar surface area (TPSA) is 455 Å². The van der Waals surface area contributed by atoms with Crippen molar-refractivity contribution in [3.63, 3.8) is 0 Å². The summed E-state index contributed by atoms with van der Waals surface area (Å²) in [4.78, 5) is 91.5. The molecule has 0 fully saturated rings. The second kappa shape index (κ2) is 25.8. The maximum absolute atomic E-state index is 10.3. The van der Waals surface area contributed by atoms with Crippen LogP contribution >= 0.6 is 0 Å². The van der Waals surface area contributed by atoms with Crippen LogP contribution in [0.15, 0.2) is 0 Å². The summed E-state index contributed by atoms with van der Waals surface area (Å²) in [6.45, 7) is 6.10. The van der Waals surface area contributed by atoms with E-state index in [2.05, 4.69) is 0 Å². The fourth-order valence-corrected chi connectivity index (χ4v) is 2.85. The Hall–Kier alpha value is -5.05. The van der Waals surface area contributed by atoms with E-state index in [0.29, 0.717) is 13.2 Å². The number of hydrogen-bond donors (Lipinski definition) is 14. The highest BCUT2D eigenvalue weighted by Gasteiger charge is 2.42. The van der Waals surface area contributed by atoms with Crippen LogP contribution in [0.25, 0.3) is 0 Å². The van der Waals surface area contributed by atoms with Crippen molar-refractivity contribution < 1.29 is 124 Å². The van der Waals surface area contributed by atoms with Gasteiger partial charge < -0.3 is 81.0 Å². The molecule has 0 aliphatic rings. The van der Waals surface area contributed by atoms with Crippen LogP contribution in [0.4, 0.5) is 0 Å². The number of carbonyl (C=O) groups is 9. The molecular weight excluding hydrogens is 724 g/mol. The molecule has 0 aliphatic heterocycles. The molecule has 14 N–H and O–H groups in total. The van der Waals surface area contributed by atoms with Gasteiger partial charge in [0.1, 0.15) is 0 Å². The maximum Gasteiger partial charge on any atom is 0.336 e. The van der Waals surface area contributed by atoms with Crippen molar-refractivity contribution in [1.29, 1.82) is 0 Å². The Morgan fingerprint density at radius 3 is 0.808 bits per heavy atom. The van der Waals surface area contributed by atoms with E-state index in [1.807, 2.05) is 6.92 Å². The number of aliphatic hydroxyl groups is 5. The molecule has 25 nitrogen and oxygen atoms in total. The lowest BCUT2D eigenvalue weighted by Gasteiger charge is -2.18. The Balaban J connectivity index is -0.000000295. The number of aliphatic carboxylic acids is 9. The lowest BCUT2D eigenvalue weighted by atomic mass is 9.96. The van der Waals surface area contributed by atoms with Gasteiger partial charge in [0.15, 0.2) is 16.8 Å². The predicted octanol–water partition coefficient (Wildman–Crippen LogP) is -3.58. The summed E-state index contributed by atoms with van der Waals surface area (Å²) < 4.78 is 10.5. The van der Waals surface area contributed by atoms with Crippen molar-refractivity contribution in [3.05, 3.63) is 0 Å². The quantitative estimate of drug-likeness (QED) is 0.0506. The summed E-state index contributed by atoms with van der Waals surface area (Å²) in [5, 5.41) is 119. The number of rotatable bonds is 22. The van der Waals surface area contributed by atoms with Crippen LogP contribution in [0.5, 0.6) is 0 Å². The minimum atomic E-state index is -2.74. The van der Waals surface area contributed by atoms with Gasteiger partial charge in [0, 0.05) is 0 Å². The summed E-state index contributed by atoms with van der Waals surface area (Å²) in [5.41, 5.74) is -8.22. The smallest absolute Gasteiger partial charge is 0.336 e. The third-order valence-electron chi connectivity index (χ3n) is 5.35. The molecule has 0 bridgehead atoms. The zero-order valence-electron chi connectivity index (χ0n) is 27.8. The molecule has 0 spiro atoms. The number of carboxylic acid groups (broad SMARTS) is 9. The minimum Gasteiger partial charge on any atom is -0.481 e. The molecule has 0 amide bonds. The van der Waals surface area contributed by atoms with Gasteiger partial charge in [-0.3, -0.25) is 28.8 Å². The molecule has 0 rings (SSSR count). The van der Waals surface area contributed by atoms with E-state index in [4.69, 9.17) is 81.0 Å². The first-order chi connectivity index (χ1) is 23.4. The van der Waals surface area contributed by atoms with Crippen molar-refractivity contribution >= 4 is 53.7 Å². The maximum atomic E-state index is 10.3. The first-order valence-electron chi connectivity index (χ1n) is 14.1. The van der Waals surface area contributed by atoms with Crippen LogP contribution in [0, 0.1) is 0 Å². The van der Waals surface area contributed by atoms with Gasteiger partial charge in [-0.2, -0.15) is 0 Å². The number of ether oxygens (including phenoxy) is 2. The molecule has 0 aromatic rings. The van der Waals surface area contributed by atoms with E-state index >= 15 is 0 Å². The van der Waals surface area contributed by atoms with Crippen LogP contribution < -0.4 is 0 Å². The van der Waals surface area contributed by atoms with E-state index in [-0.39, 0.29) is 18.8 Å². The zero-order valence-corrected chi connectivity index (χ0v) is 27.8. The highest BCUT2D eigenvalue weighted by Crippen LogP contribution is 2.17. The Morgan fingerprint density at radius 2 is 0.654 bits per heavy atom. The number of carboxylic acids is 9. The summed E-state index contributed by atoms with van der Waals surface area (Å²) in [6, 6.07) is 0. The number of hydrogen-bond acceptors (Lipinski definition) is 16. The van der Waals surface area contributed by atoms with Crippen molar-refractivity contribution in [2.24, 2.45) is 0 Å². The molecule has 0 aromatic heterocycles. The molecule has 0 aliphatic carbocycles. The van der Waals surface area contributed by atoms with Crippen molar-refractivity contribution in [2.75, 3.05) is 19.8 Å². The monoisotopic (exact) mass is 768 g/mol. The molecule has 3 atom stereocenters. The summed E-state index contributed by atoms with van der Waals surface area (Å²) in [6.07, 6.45) is -7.52. The molecule has 52 heavy (non-hydrogen) atoms. The van der Waals surface area contributed by atoms with Crippen molar-refractivity contribution in [3.8, 4) is 0 Å². The SMILES string of the molecule is CC(O)COC(C)COC(C)CO.O=C(O)CC(O)(CC(=O)O)C(=O)O.O=C(O)CC(O)(CC(=O)O)C(=O)O.O=C(O)CC(O)(CC(=O)O)C(=O)O. The van der Waals surface area contributed by atoms with Crippen LogP contribution in [0.1, 0.15) is 59.3 Å². The first kappa shape index (κ1) is 53.7. The second-order valence-electron chi connectivity index (χ2n) is 10.8. The number of aliphatic hydroxyl groups excluding tert-OH is 2. The van der Waals surface area contributed by atoms with Gasteiger partial charge >= 0.3 is 53.7 Å². The zero-order chi connectivity index (χ0) is 42.2. The van der Waals surface area contributed by atoms with Crippen LogP contribution in [-0.2, 0) is 52.6 Å².